The Bertz CT molecular complexity index is 617. The molecule has 0 bridgehead atoms. The predicted octanol–water partition coefficient (Wildman–Crippen LogP) is 1.90. The molecule has 3 amide bonds. The molecule has 0 radical (unpaired) electrons. The third-order valence-corrected chi connectivity index (χ3v) is 4.59. The highest BCUT2D eigenvalue weighted by atomic mass is 16.2. The maximum Gasteiger partial charge on any atom is 0.269 e. The summed E-state index contributed by atoms with van der Waals surface area (Å²) in [4.78, 5) is 38.1. The fraction of sp³-hybridized carbons (Fsp3) is 0.526. The first-order chi connectivity index (χ1) is 11.9. The summed E-state index contributed by atoms with van der Waals surface area (Å²) in [6.07, 6.45) is 2.15. The van der Waals surface area contributed by atoms with Crippen LogP contribution in [0.4, 0.5) is 0 Å². The van der Waals surface area contributed by atoms with E-state index in [9.17, 15) is 14.4 Å². The van der Waals surface area contributed by atoms with E-state index in [4.69, 9.17) is 0 Å². The third kappa shape index (κ3) is 5.05. The van der Waals surface area contributed by atoms with Crippen molar-refractivity contribution in [3.05, 3.63) is 35.4 Å². The molecule has 6 heteroatoms. The Labute approximate surface area is 148 Å². The molecule has 6 nitrogen and oxygen atoms in total. The van der Waals surface area contributed by atoms with Crippen LogP contribution in [0.5, 0.6) is 0 Å². The van der Waals surface area contributed by atoms with Crippen LogP contribution in [0.3, 0.4) is 0 Å². The number of nitrogens with one attached hydrogen (secondary N) is 2. The number of hydrogen-bond donors (Lipinski definition) is 2. The van der Waals surface area contributed by atoms with Gasteiger partial charge in [-0.15, -0.1) is 0 Å². The summed E-state index contributed by atoms with van der Waals surface area (Å²) in [6, 6.07) is 7.29. The minimum Gasteiger partial charge on any atom is -0.342 e. The quantitative estimate of drug-likeness (QED) is 0.818. The molecule has 1 fully saturated rings. The molecule has 2 N–H and O–H groups in total. The molecule has 2 rings (SSSR count). The van der Waals surface area contributed by atoms with Crippen molar-refractivity contribution in [2.24, 2.45) is 11.8 Å². The summed E-state index contributed by atoms with van der Waals surface area (Å²) in [5.74, 6) is -0.607. The zero-order valence-electron chi connectivity index (χ0n) is 15.2. The summed E-state index contributed by atoms with van der Waals surface area (Å²) in [6.45, 7) is 6.98. The highest BCUT2D eigenvalue weighted by Crippen LogP contribution is 2.18. The van der Waals surface area contributed by atoms with Crippen LogP contribution in [-0.2, 0) is 16.0 Å². The first-order valence-corrected chi connectivity index (χ1v) is 8.90. The zero-order valence-corrected chi connectivity index (χ0v) is 15.2. The van der Waals surface area contributed by atoms with Crippen LogP contribution in [0.15, 0.2) is 24.3 Å². The van der Waals surface area contributed by atoms with Gasteiger partial charge in [-0.25, -0.2) is 0 Å². The van der Waals surface area contributed by atoms with Gasteiger partial charge in [0, 0.05) is 30.5 Å². The lowest BCUT2D eigenvalue weighted by Crippen LogP contribution is -2.48. The van der Waals surface area contributed by atoms with Crippen molar-refractivity contribution in [1.29, 1.82) is 0 Å². The predicted molar refractivity (Wildman–Crippen MR) is 95.6 cm³/mol. The molecule has 136 valence electrons. The standard InChI is InChI=1S/C19H27N3O3/c1-4-14-5-7-15(8-6-14)17(23)20-21-18(24)16-9-11-22(12-10-16)19(25)13(2)3/h5-8,13,16H,4,9-12H2,1-3H3,(H,20,23)(H,21,24). The summed E-state index contributed by atoms with van der Waals surface area (Å²) >= 11 is 0. The summed E-state index contributed by atoms with van der Waals surface area (Å²) in [5, 5.41) is 0. The maximum absolute atomic E-state index is 12.2. The highest BCUT2D eigenvalue weighted by Gasteiger charge is 2.28. The Morgan fingerprint density at radius 3 is 2.20 bits per heavy atom. The van der Waals surface area contributed by atoms with Gasteiger partial charge in [-0.2, -0.15) is 0 Å². The van der Waals surface area contributed by atoms with Crippen LogP contribution in [-0.4, -0.2) is 35.7 Å². The Balaban J connectivity index is 1.78. The van der Waals surface area contributed by atoms with E-state index in [1.807, 2.05) is 30.9 Å². The zero-order chi connectivity index (χ0) is 18.4. The molecule has 0 unspecified atom stereocenters. The molecule has 0 aliphatic carbocycles. The van der Waals surface area contributed by atoms with Gasteiger partial charge in [0.25, 0.3) is 5.91 Å². The van der Waals surface area contributed by atoms with Gasteiger partial charge in [0.2, 0.25) is 11.8 Å². The Morgan fingerprint density at radius 1 is 1.08 bits per heavy atom. The van der Waals surface area contributed by atoms with Crippen molar-refractivity contribution in [1.82, 2.24) is 15.8 Å². The van der Waals surface area contributed by atoms with Gasteiger partial charge in [0.15, 0.2) is 0 Å². The van der Waals surface area contributed by atoms with Gasteiger partial charge in [-0.3, -0.25) is 25.2 Å². The molecular formula is C19H27N3O3. The molecule has 1 aromatic carbocycles. The van der Waals surface area contributed by atoms with E-state index in [2.05, 4.69) is 17.8 Å². The number of carbonyl (C=O) groups is 3. The number of nitrogens with zero attached hydrogens (tertiary/aromatic N) is 1. The number of hydrogen-bond acceptors (Lipinski definition) is 3. The molecule has 1 heterocycles. The third-order valence-electron chi connectivity index (χ3n) is 4.59. The molecular weight excluding hydrogens is 318 g/mol. The van der Waals surface area contributed by atoms with Crippen molar-refractivity contribution in [2.75, 3.05) is 13.1 Å². The molecule has 1 aromatic rings. The fourth-order valence-corrected chi connectivity index (χ4v) is 2.91. The largest absolute Gasteiger partial charge is 0.342 e. The van der Waals surface area contributed by atoms with Crippen molar-refractivity contribution in [3.8, 4) is 0 Å². The first kappa shape index (κ1) is 19.0. The van der Waals surface area contributed by atoms with Gasteiger partial charge in [-0.1, -0.05) is 32.9 Å². The van der Waals surface area contributed by atoms with Crippen molar-refractivity contribution < 1.29 is 14.4 Å². The Hall–Kier alpha value is -2.37. The molecule has 0 saturated carbocycles. The average molecular weight is 345 g/mol. The molecule has 1 saturated heterocycles. The maximum atomic E-state index is 12.2. The topological polar surface area (TPSA) is 78.5 Å². The first-order valence-electron chi connectivity index (χ1n) is 8.90. The molecule has 25 heavy (non-hydrogen) atoms. The van der Waals surface area contributed by atoms with E-state index in [1.54, 1.807) is 12.1 Å². The fourth-order valence-electron chi connectivity index (χ4n) is 2.91. The number of hydrazine groups is 1. The van der Waals surface area contributed by atoms with Crippen LogP contribution in [0.2, 0.25) is 0 Å². The average Bonchev–Trinajstić information content (AvgIpc) is 2.65. The van der Waals surface area contributed by atoms with E-state index in [-0.39, 0.29) is 29.6 Å². The van der Waals surface area contributed by atoms with Crippen LogP contribution in [0.1, 0.15) is 49.5 Å². The highest BCUT2D eigenvalue weighted by molar-refractivity contribution is 5.95. The van der Waals surface area contributed by atoms with E-state index in [0.29, 0.717) is 31.5 Å². The summed E-state index contributed by atoms with van der Waals surface area (Å²) in [7, 11) is 0. The molecule has 0 atom stereocenters. The van der Waals surface area contributed by atoms with Gasteiger partial charge >= 0.3 is 0 Å². The van der Waals surface area contributed by atoms with Crippen molar-refractivity contribution in [2.45, 2.75) is 40.0 Å². The van der Waals surface area contributed by atoms with E-state index >= 15 is 0 Å². The van der Waals surface area contributed by atoms with Crippen molar-refractivity contribution >= 4 is 17.7 Å². The summed E-state index contributed by atoms with van der Waals surface area (Å²) in [5.41, 5.74) is 6.64. The van der Waals surface area contributed by atoms with Crippen LogP contribution in [0, 0.1) is 11.8 Å². The lowest BCUT2D eigenvalue weighted by molar-refractivity contribution is -0.138. The number of likely N-dealkylation sites (tertiary alicyclic amines) is 1. The number of rotatable bonds is 4. The SMILES string of the molecule is CCc1ccc(C(=O)NNC(=O)C2CCN(C(=O)C(C)C)CC2)cc1. The second-order valence-corrected chi connectivity index (χ2v) is 6.75. The van der Waals surface area contributed by atoms with Gasteiger partial charge in [-0.05, 0) is 37.0 Å². The minimum absolute atomic E-state index is 0.0243. The second kappa shape index (κ2) is 8.65. The normalized spacial score (nSPS) is 15.1. The van der Waals surface area contributed by atoms with Crippen molar-refractivity contribution in [3.63, 3.8) is 0 Å². The number of carbonyl (C=O) groups excluding carboxylic acids is 3. The van der Waals surface area contributed by atoms with Crippen LogP contribution in [0.25, 0.3) is 0 Å². The molecule has 0 spiro atoms. The Morgan fingerprint density at radius 2 is 1.68 bits per heavy atom. The molecule has 1 aliphatic heterocycles. The number of piperidine rings is 1. The minimum atomic E-state index is -0.330. The van der Waals surface area contributed by atoms with Gasteiger partial charge in [0.1, 0.15) is 0 Å². The Kier molecular flexibility index (Phi) is 6.56. The molecule has 1 aliphatic rings. The monoisotopic (exact) mass is 345 g/mol. The van der Waals surface area contributed by atoms with E-state index < -0.39 is 0 Å². The van der Waals surface area contributed by atoms with E-state index in [1.165, 1.54) is 0 Å². The number of aryl methyl sites for hydroxylation is 1. The van der Waals surface area contributed by atoms with Gasteiger partial charge < -0.3 is 4.90 Å². The summed E-state index contributed by atoms with van der Waals surface area (Å²) < 4.78 is 0. The van der Waals surface area contributed by atoms with Crippen LogP contribution < -0.4 is 10.9 Å². The smallest absolute Gasteiger partial charge is 0.269 e. The van der Waals surface area contributed by atoms with Crippen LogP contribution >= 0.6 is 0 Å². The number of amides is 3. The lowest BCUT2D eigenvalue weighted by Gasteiger charge is -2.32. The molecule has 0 aromatic heterocycles. The number of benzene rings is 1. The van der Waals surface area contributed by atoms with E-state index in [0.717, 1.165) is 12.0 Å². The van der Waals surface area contributed by atoms with Gasteiger partial charge in [0.05, 0.1) is 0 Å². The lowest BCUT2D eigenvalue weighted by atomic mass is 9.95. The second-order valence-electron chi connectivity index (χ2n) is 6.75.